The van der Waals surface area contributed by atoms with E-state index in [1.807, 2.05) is 12.1 Å². The van der Waals surface area contributed by atoms with Crippen molar-refractivity contribution in [1.29, 1.82) is 0 Å². The summed E-state index contributed by atoms with van der Waals surface area (Å²) in [6, 6.07) is 17.1. The van der Waals surface area contributed by atoms with Crippen LogP contribution in [0.3, 0.4) is 0 Å². The lowest BCUT2D eigenvalue weighted by Crippen LogP contribution is -2.51. The summed E-state index contributed by atoms with van der Waals surface area (Å²) in [4.78, 5) is 0. The molecule has 0 aromatic heterocycles. The van der Waals surface area contributed by atoms with Gasteiger partial charge in [0.25, 0.3) is 0 Å². The Labute approximate surface area is 317 Å². The van der Waals surface area contributed by atoms with Crippen molar-refractivity contribution in [2.45, 2.75) is 87.5 Å². The fourth-order valence-electron chi connectivity index (χ4n) is 10.9. The molecule has 4 atom stereocenters. The van der Waals surface area contributed by atoms with Gasteiger partial charge in [0.15, 0.2) is 34.2 Å². The lowest BCUT2D eigenvalue weighted by Gasteiger charge is -2.43. The first-order valence-corrected chi connectivity index (χ1v) is 19.0. The van der Waals surface area contributed by atoms with Crippen LogP contribution in [0, 0.1) is 13.8 Å². The zero-order valence-electron chi connectivity index (χ0n) is 32.5. The van der Waals surface area contributed by atoms with E-state index in [0.29, 0.717) is 34.5 Å². The van der Waals surface area contributed by atoms with Crippen molar-refractivity contribution in [1.82, 2.24) is 0 Å². The Bertz CT molecular complexity index is 2030. The van der Waals surface area contributed by atoms with Crippen LogP contribution in [0.1, 0.15) is 84.7 Å². The molecule has 54 heavy (non-hydrogen) atoms. The number of ether oxygens (including phenoxy) is 8. The molecule has 6 aliphatic rings. The van der Waals surface area contributed by atoms with E-state index in [1.54, 1.807) is 42.7 Å². The van der Waals surface area contributed by atoms with E-state index in [4.69, 9.17) is 37.9 Å². The third-order valence-corrected chi connectivity index (χ3v) is 13.0. The maximum absolute atomic E-state index is 6.80. The van der Waals surface area contributed by atoms with Crippen molar-refractivity contribution in [2.75, 3.05) is 53.3 Å². The Kier molecular flexibility index (Phi) is 7.82. The van der Waals surface area contributed by atoms with Gasteiger partial charge in [-0.2, -0.15) is 0 Å². The molecule has 4 aromatic carbocycles. The van der Waals surface area contributed by atoms with Gasteiger partial charge >= 0.3 is 0 Å². The van der Waals surface area contributed by atoms with Gasteiger partial charge in [-0.3, -0.25) is 0 Å². The van der Waals surface area contributed by atoms with E-state index < -0.39 is 11.2 Å². The molecule has 0 amide bonds. The third kappa shape index (κ3) is 4.22. The summed E-state index contributed by atoms with van der Waals surface area (Å²) < 4.78 is 47.8. The maximum atomic E-state index is 6.80. The molecule has 4 aliphatic heterocycles. The highest BCUT2D eigenvalue weighted by Crippen LogP contribution is 2.71. The van der Waals surface area contributed by atoms with Gasteiger partial charge < -0.3 is 48.5 Å². The fourth-order valence-corrected chi connectivity index (χ4v) is 10.9. The van der Waals surface area contributed by atoms with E-state index in [2.05, 4.69) is 60.9 Å². The molecular formula is C44H50N2O8. The van der Waals surface area contributed by atoms with Gasteiger partial charge in [0.05, 0.1) is 53.8 Å². The Morgan fingerprint density at radius 3 is 1.24 bits per heavy atom. The van der Waals surface area contributed by atoms with Crippen molar-refractivity contribution in [3.63, 3.8) is 0 Å². The maximum Gasteiger partial charge on any atom is 0.203 e. The second-order valence-corrected chi connectivity index (χ2v) is 15.5. The molecule has 2 fully saturated rings. The van der Waals surface area contributed by atoms with E-state index in [9.17, 15) is 0 Å². The van der Waals surface area contributed by atoms with Crippen molar-refractivity contribution < 1.29 is 37.9 Å². The van der Waals surface area contributed by atoms with E-state index in [-0.39, 0.29) is 11.1 Å². The van der Waals surface area contributed by atoms with Crippen LogP contribution in [0.15, 0.2) is 48.5 Å². The molecule has 2 N–H and O–H groups in total. The molecule has 284 valence electrons. The first kappa shape index (κ1) is 34.6. The summed E-state index contributed by atoms with van der Waals surface area (Å²) in [5.74, 6) is 5.54. The predicted molar refractivity (Wildman–Crippen MR) is 207 cm³/mol. The summed E-state index contributed by atoms with van der Waals surface area (Å²) in [5.41, 5.74) is 7.88. The normalized spacial score (nSPS) is 26.8. The highest BCUT2D eigenvalue weighted by atomic mass is 16.6. The van der Waals surface area contributed by atoms with Crippen molar-refractivity contribution in [3.05, 3.63) is 81.9 Å². The number of aryl methyl sites for hydroxylation is 2. The monoisotopic (exact) mass is 734 g/mol. The molecule has 4 heterocycles. The highest BCUT2D eigenvalue weighted by Gasteiger charge is 2.69. The first-order valence-electron chi connectivity index (χ1n) is 19.0. The van der Waals surface area contributed by atoms with Gasteiger partial charge in [0.2, 0.25) is 11.5 Å². The van der Waals surface area contributed by atoms with Gasteiger partial charge in [-0.05, 0) is 76.6 Å². The minimum Gasteiger partial charge on any atom is -0.493 e. The number of benzene rings is 4. The van der Waals surface area contributed by atoms with Crippen LogP contribution in [-0.2, 0) is 22.3 Å². The number of hydrogen-bond donors (Lipinski definition) is 2. The summed E-state index contributed by atoms with van der Waals surface area (Å²) in [5, 5.41) is 7.70. The van der Waals surface area contributed by atoms with Gasteiger partial charge in [0, 0.05) is 34.6 Å². The van der Waals surface area contributed by atoms with Gasteiger partial charge in [-0.25, -0.2) is 0 Å². The van der Waals surface area contributed by atoms with Crippen LogP contribution in [0.25, 0.3) is 0 Å². The molecule has 4 aromatic rings. The SMILES string of the molecule is COc1cc2c(c(OC)c1OC)[C@]13CCCC[C@@]1(O2)c1cc(C)ccc1N3.COc1cc2c(c(OC)c1OC)[C@]13CCCC[C@@]1(O2)c1cc(C)ccc1N3. The smallest absolute Gasteiger partial charge is 0.203 e. The molecule has 0 bridgehead atoms. The second kappa shape index (κ2) is 12.2. The zero-order chi connectivity index (χ0) is 37.6. The molecule has 0 saturated heterocycles. The van der Waals surface area contributed by atoms with E-state index in [0.717, 1.165) is 85.4 Å². The van der Waals surface area contributed by atoms with Crippen molar-refractivity contribution >= 4 is 11.4 Å². The molecule has 10 heteroatoms. The molecule has 0 spiro atoms. The number of nitrogens with one attached hydrogen (secondary N) is 2. The molecule has 10 rings (SSSR count). The predicted octanol–water partition coefficient (Wildman–Crippen LogP) is 9.01. The van der Waals surface area contributed by atoms with Gasteiger partial charge in [0.1, 0.15) is 22.6 Å². The van der Waals surface area contributed by atoms with Crippen LogP contribution < -0.4 is 48.5 Å². The Morgan fingerprint density at radius 2 is 0.870 bits per heavy atom. The lowest BCUT2D eigenvalue weighted by molar-refractivity contribution is -0.000626. The lowest BCUT2D eigenvalue weighted by atomic mass is 9.66. The number of hydrogen-bond acceptors (Lipinski definition) is 10. The molecule has 0 unspecified atom stereocenters. The topological polar surface area (TPSA) is 97.9 Å². The first-order chi connectivity index (χ1) is 26.2. The van der Waals surface area contributed by atoms with Crippen LogP contribution >= 0.6 is 0 Å². The van der Waals surface area contributed by atoms with Crippen LogP contribution in [-0.4, -0.2) is 42.7 Å². The van der Waals surface area contributed by atoms with Crippen LogP contribution in [0.4, 0.5) is 11.4 Å². The van der Waals surface area contributed by atoms with Gasteiger partial charge in [-0.1, -0.05) is 36.1 Å². The number of rotatable bonds is 6. The average molecular weight is 735 g/mol. The largest absolute Gasteiger partial charge is 0.493 e. The average Bonchev–Trinajstić information content (AvgIpc) is 3.85. The number of anilines is 2. The molecular weight excluding hydrogens is 684 g/mol. The van der Waals surface area contributed by atoms with E-state index >= 15 is 0 Å². The van der Waals surface area contributed by atoms with Gasteiger partial charge in [-0.15, -0.1) is 0 Å². The quantitative estimate of drug-likeness (QED) is 0.200. The number of fused-ring (bicyclic) bond motifs is 4. The molecule has 0 radical (unpaired) electrons. The Hall–Kier alpha value is -5.12. The minimum absolute atomic E-state index is 0.346. The minimum atomic E-state index is -0.417. The van der Waals surface area contributed by atoms with Crippen LogP contribution in [0.2, 0.25) is 0 Å². The summed E-state index contributed by atoms with van der Waals surface area (Å²) in [7, 11) is 9.94. The molecule has 10 nitrogen and oxygen atoms in total. The third-order valence-electron chi connectivity index (χ3n) is 13.0. The number of methoxy groups -OCH3 is 6. The summed E-state index contributed by atoms with van der Waals surface area (Å²) >= 11 is 0. The Balaban J connectivity index is 0.000000142. The van der Waals surface area contributed by atoms with Crippen molar-refractivity contribution in [3.8, 4) is 46.0 Å². The fraction of sp³-hybridized carbons (Fsp3) is 0.455. The molecule has 2 aliphatic carbocycles. The standard InChI is InChI=1S/2C22H25NO4/c2*1-13-7-8-15-14(11-13)22-10-6-5-9-21(22,23-15)18-16(27-22)12-17(24-2)19(25-3)20(18)26-4/h2*7-8,11-12,23H,5-6,9-10H2,1-4H3/t2*21-,22-/m11/s1. The Morgan fingerprint density at radius 1 is 0.481 bits per heavy atom. The second-order valence-electron chi connectivity index (χ2n) is 15.5. The van der Waals surface area contributed by atoms with Crippen LogP contribution in [0.5, 0.6) is 46.0 Å². The van der Waals surface area contributed by atoms with E-state index in [1.165, 1.54) is 22.3 Å². The zero-order valence-corrected chi connectivity index (χ0v) is 32.5. The summed E-state index contributed by atoms with van der Waals surface area (Å²) in [6.45, 7) is 4.27. The molecule has 2 saturated carbocycles. The summed E-state index contributed by atoms with van der Waals surface area (Å²) in [6.07, 6.45) is 8.48. The van der Waals surface area contributed by atoms with Crippen molar-refractivity contribution in [2.24, 2.45) is 0 Å². The highest BCUT2D eigenvalue weighted by molar-refractivity contribution is 5.77.